The van der Waals surface area contributed by atoms with Crippen molar-refractivity contribution in [2.24, 2.45) is 0 Å². The lowest BCUT2D eigenvalue weighted by Crippen LogP contribution is -2.16. The van der Waals surface area contributed by atoms with E-state index >= 15 is 0 Å². The molecule has 18 heavy (non-hydrogen) atoms. The molecule has 0 atom stereocenters. The molecule has 2 aromatic heterocycles. The van der Waals surface area contributed by atoms with Crippen molar-refractivity contribution in [2.45, 2.75) is 6.54 Å². The van der Waals surface area contributed by atoms with E-state index in [1.807, 2.05) is 11.9 Å². The largest absolute Gasteiger partial charge is 0.360 e. The van der Waals surface area contributed by atoms with Crippen LogP contribution in [0.1, 0.15) is 5.56 Å². The van der Waals surface area contributed by atoms with E-state index in [1.54, 1.807) is 0 Å². The highest BCUT2D eigenvalue weighted by molar-refractivity contribution is 7.70. The Morgan fingerprint density at radius 2 is 1.83 bits per heavy atom. The third-order valence-electron chi connectivity index (χ3n) is 2.26. The molecule has 2 aromatic rings. The fourth-order valence-electron chi connectivity index (χ4n) is 1.37. The first-order valence-electron chi connectivity index (χ1n) is 4.78. The Hall–Kier alpha value is -0.330. The maximum Gasteiger partial charge on any atom is 0.263 e. The molecule has 3 nitrogen and oxygen atoms in total. The van der Waals surface area contributed by atoms with Gasteiger partial charge in [-0.2, -0.15) is 0 Å². The van der Waals surface area contributed by atoms with E-state index in [4.69, 9.17) is 34.8 Å². The molecule has 0 saturated carbocycles. The number of rotatable bonds is 3. The lowest BCUT2D eigenvalue weighted by Gasteiger charge is -2.18. The van der Waals surface area contributed by atoms with Crippen LogP contribution in [-0.2, 0) is 6.54 Å². The predicted molar refractivity (Wildman–Crippen MR) is 79.8 cm³/mol. The summed E-state index contributed by atoms with van der Waals surface area (Å²) in [7, 11) is 4.28. The summed E-state index contributed by atoms with van der Waals surface area (Å²) in [5, 5.41) is 1.95. The maximum absolute atomic E-state index is 11.3. The van der Waals surface area contributed by atoms with Crippen LogP contribution in [0.25, 0.3) is 0 Å². The zero-order chi connectivity index (χ0) is 13.3. The molecule has 0 unspecified atom stereocenters. The SMILES string of the molecule is CN(Cc1c(Cl)cncc1Cl)c1ssc(=O)c1Cl. The molecule has 0 N–H and O–H groups in total. The Balaban J connectivity index is 2.29. The lowest BCUT2D eigenvalue weighted by atomic mass is 10.2. The summed E-state index contributed by atoms with van der Waals surface area (Å²) in [6.45, 7) is 0.465. The van der Waals surface area contributed by atoms with Crippen molar-refractivity contribution in [3.05, 3.63) is 42.6 Å². The molecular formula is C10H7Cl3N2OS2. The first-order chi connectivity index (χ1) is 8.50. The molecule has 8 heteroatoms. The summed E-state index contributed by atoms with van der Waals surface area (Å²) in [6.07, 6.45) is 3.07. The van der Waals surface area contributed by atoms with E-state index in [-0.39, 0.29) is 9.77 Å². The van der Waals surface area contributed by atoms with Gasteiger partial charge in [0.05, 0.1) is 10.0 Å². The van der Waals surface area contributed by atoms with Crippen LogP contribution < -0.4 is 9.64 Å². The number of hydrogen-bond donors (Lipinski definition) is 0. The third kappa shape index (κ3) is 2.81. The van der Waals surface area contributed by atoms with E-state index < -0.39 is 0 Å². The molecule has 0 amide bonds. The summed E-state index contributed by atoms with van der Waals surface area (Å²) in [4.78, 5) is 17.1. The van der Waals surface area contributed by atoms with Gasteiger partial charge in [0.15, 0.2) is 0 Å². The minimum Gasteiger partial charge on any atom is -0.360 e. The highest BCUT2D eigenvalue weighted by atomic mass is 35.5. The Morgan fingerprint density at radius 1 is 1.22 bits per heavy atom. The molecule has 0 spiro atoms. The van der Waals surface area contributed by atoms with Gasteiger partial charge >= 0.3 is 0 Å². The standard InChI is InChI=1S/C10H7Cl3N2OS2/c1-15(9-8(13)10(16)18-17-9)4-5-6(11)2-14-3-7(5)12/h2-3H,4H2,1H3. The van der Waals surface area contributed by atoms with Gasteiger partial charge in [0.25, 0.3) is 4.74 Å². The van der Waals surface area contributed by atoms with Gasteiger partial charge in [0.1, 0.15) is 10.0 Å². The second kappa shape index (κ2) is 5.75. The van der Waals surface area contributed by atoms with E-state index in [1.165, 1.54) is 22.7 Å². The van der Waals surface area contributed by atoms with Gasteiger partial charge in [-0.25, -0.2) is 0 Å². The van der Waals surface area contributed by atoms with Gasteiger partial charge < -0.3 is 4.90 Å². The van der Waals surface area contributed by atoms with Crippen molar-refractivity contribution >= 4 is 60.5 Å². The van der Waals surface area contributed by atoms with Crippen molar-refractivity contribution in [2.75, 3.05) is 11.9 Å². The van der Waals surface area contributed by atoms with Crippen LogP contribution in [0.2, 0.25) is 15.1 Å². The van der Waals surface area contributed by atoms with Gasteiger partial charge in [-0.1, -0.05) is 45.1 Å². The lowest BCUT2D eigenvalue weighted by molar-refractivity contribution is 0.931. The van der Waals surface area contributed by atoms with Crippen molar-refractivity contribution in [1.82, 2.24) is 4.98 Å². The molecule has 2 rings (SSSR count). The summed E-state index contributed by atoms with van der Waals surface area (Å²) in [5.74, 6) is 0. The topological polar surface area (TPSA) is 33.2 Å². The fraction of sp³-hybridized carbons (Fsp3) is 0.200. The fourth-order valence-corrected chi connectivity index (χ4v) is 4.59. The first kappa shape index (κ1) is 14.1. The van der Waals surface area contributed by atoms with Crippen molar-refractivity contribution in [1.29, 1.82) is 0 Å². The molecule has 0 saturated heterocycles. The van der Waals surface area contributed by atoms with Gasteiger partial charge in [-0.3, -0.25) is 9.78 Å². The van der Waals surface area contributed by atoms with Crippen LogP contribution >= 0.6 is 55.5 Å². The van der Waals surface area contributed by atoms with Crippen molar-refractivity contribution < 1.29 is 0 Å². The number of pyridine rings is 1. The van der Waals surface area contributed by atoms with Crippen LogP contribution in [0.5, 0.6) is 0 Å². The first-order valence-corrected chi connectivity index (χ1v) is 8.06. The molecule has 0 aromatic carbocycles. The molecule has 0 radical (unpaired) electrons. The number of anilines is 1. The molecular weight excluding hydrogens is 335 g/mol. The minimum atomic E-state index is -0.129. The number of halogens is 3. The molecule has 2 heterocycles. The van der Waals surface area contributed by atoms with Gasteiger partial charge in [0.2, 0.25) is 0 Å². The summed E-state index contributed by atoms with van der Waals surface area (Å²) < 4.78 is -0.129. The number of nitrogens with zero attached hydrogens (tertiary/aromatic N) is 2. The highest BCUT2D eigenvalue weighted by Crippen LogP contribution is 2.33. The molecule has 96 valence electrons. The normalized spacial score (nSPS) is 10.7. The van der Waals surface area contributed by atoms with E-state index in [9.17, 15) is 4.79 Å². The molecule has 0 aliphatic heterocycles. The minimum absolute atomic E-state index is 0.129. The average Bonchev–Trinajstić information content (AvgIpc) is 2.65. The molecule has 0 fully saturated rings. The number of aromatic nitrogens is 1. The highest BCUT2D eigenvalue weighted by Gasteiger charge is 2.15. The zero-order valence-corrected chi connectivity index (χ0v) is 13.0. The molecule has 0 aliphatic rings. The van der Waals surface area contributed by atoms with Gasteiger partial charge in [0, 0.05) is 31.5 Å². The zero-order valence-electron chi connectivity index (χ0n) is 9.11. The van der Waals surface area contributed by atoms with E-state index in [2.05, 4.69) is 4.98 Å². The quantitative estimate of drug-likeness (QED) is 0.786. The second-order valence-corrected chi connectivity index (χ2v) is 6.79. The Labute approximate surface area is 126 Å². The second-order valence-electron chi connectivity index (χ2n) is 3.51. The van der Waals surface area contributed by atoms with Crippen LogP contribution in [0.15, 0.2) is 17.2 Å². The van der Waals surface area contributed by atoms with Gasteiger partial charge in [-0.15, -0.1) is 0 Å². The van der Waals surface area contributed by atoms with Crippen LogP contribution in [0.3, 0.4) is 0 Å². The Bertz CT molecular complexity index is 606. The van der Waals surface area contributed by atoms with Crippen LogP contribution in [-0.4, -0.2) is 12.0 Å². The number of hydrogen-bond acceptors (Lipinski definition) is 5. The summed E-state index contributed by atoms with van der Waals surface area (Å²) in [5.41, 5.74) is 0.762. The smallest absolute Gasteiger partial charge is 0.263 e. The van der Waals surface area contributed by atoms with Crippen LogP contribution in [0.4, 0.5) is 5.00 Å². The molecule has 0 aliphatic carbocycles. The summed E-state index contributed by atoms with van der Waals surface area (Å²) in [6, 6.07) is 0. The maximum atomic E-state index is 11.3. The summed E-state index contributed by atoms with van der Waals surface area (Å²) >= 11 is 18.0. The molecule has 0 bridgehead atoms. The van der Waals surface area contributed by atoms with E-state index in [0.717, 1.165) is 20.9 Å². The van der Waals surface area contributed by atoms with Gasteiger partial charge in [-0.05, 0) is 10.3 Å². The van der Waals surface area contributed by atoms with Crippen molar-refractivity contribution in [3.63, 3.8) is 0 Å². The monoisotopic (exact) mass is 340 g/mol. The average molecular weight is 342 g/mol. The van der Waals surface area contributed by atoms with Crippen molar-refractivity contribution in [3.8, 4) is 0 Å². The Kier molecular flexibility index (Phi) is 4.50. The predicted octanol–water partition coefficient (Wildman–Crippen LogP) is 4.16. The van der Waals surface area contributed by atoms with E-state index in [0.29, 0.717) is 16.6 Å². The third-order valence-corrected chi connectivity index (χ3v) is 5.77. The van der Waals surface area contributed by atoms with Crippen LogP contribution in [0, 0.1) is 0 Å². The Morgan fingerprint density at radius 3 is 2.33 bits per heavy atom.